The largest absolute Gasteiger partial charge is 0.492 e. The highest BCUT2D eigenvalue weighted by Crippen LogP contribution is 2.44. The Kier molecular flexibility index (Phi) is 11.9. The van der Waals surface area contributed by atoms with Crippen LogP contribution in [0.1, 0.15) is 41.5 Å². The number of hydrogen-bond acceptors (Lipinski definition) is 7. The maximum absolute atomic E-state index is 9.51. The Bertz CT molecular complexity index is 994. The molecule has 3 rings (SSSR count). The molecule has 1 aliphatic rings. The first-order chi connectivity index (χ1) is 16.6. The quantitative estimate of drug-likeness (QED) is 0.265. The van der Waals surface area contributed by atoms with Gasteiger partial charge < -0.3 is 25.7 Å². The van der Waals surface area contributed by atoms with E-state index in [9.17, 15) is 5.11 Å². The number of carbonyl (C=O) groups excluding carboxylic acids is 1. The Morgan fingerprint density at radius 2 is 2.06 bits per heavy atom. The summed E-state index contributed by atoms with van der Waals surface area (Å²) >= 11 is 6.32. The smallest absolute Gasteiger partial charge is 0.123 e. The van der Waals surface area contributed by atoms with E-state index in [1.165, 1.54) is 5.56 Å². The van der Waals surface area contributed by atoms with Gasteiger partial charge in [0.25, 0.3) is 0 Å². The second kappa shape index (κ2) is 14.4. The third-order valence-corrected chi connectivity index (χ3v) is 7.52. The van der Waals surface area contributed by atoms with Crippen LogP contribution in [0.3, 0.4) is 0 Å². The topological polar surface area (TPSA) is 84.6 Å². The first-order valence-electron chi connectivity index (χ1n) is 11.3. The maximum atomic E-state index is 9.51. The first kappa shape index (κ1) is 28.2. The monoisotopic (exact) mass is 500 g/mol. The lowest BCUT2D eigenvalue weighted by Crippen LogP contribution is -2.32. The van der Waals surface area contributed by atoms with Gasteiger partial charge in [-0.05, 0) is 67.9 Å². The van der Waals surface area contributed by atoms with Gasteiger partial charge in [-0.25, -0.2) is 0 Å². The van der Waals surface area contributed by atoms with Gasteiger partial charge in [0.2, 0.25) is 0 Å². The van der Waals surface area contributed by atoms with Gasteiger partial charge in [-0.2, -0.15) is 0 Å². The number of nitrogens with one attached hydrogen (secondary N) is 1. The van der Waals surface area contributed by atoms with Crippen LogP contribution in [0.4, 0.5) is 0 Å². The maximum Gasteiger partial charge on any atom is 0.123 e. The predicted molar refractivity (Wildman–Crippen MR) is 147 cm³/mol. The van der Waals surface area contributed by atoms with Crippen molar-refractivity contribution >= 4 is 36.8 Å². The van der Waals surface area contributed by atoms with Crippen LogP contribution in [0, 0.1) is 0 Å². The summed E-state index contributed by atoms with van der Waals surface area (Å²) in [6.45, 7) is 4.21. The molecule has 1 heterocycles. The highest BCUT2D eigenvalue weighted by atomic mass is 32.2. The Morgan fingerprint density at radius 1 is 1.26 bits per heavy atom. The standard InChI is InChI=1S/C26H34N2O2S2.CH2O/c1-28-13-12-26(18-30-24-10-9-19(16-27)15-23(24)26)11-4-3-8-22(25(31)32-2)21-7-5-6-20(14-21)17-29;1-2/h3,5-10,14-15,28-29,31H,4,11-13,16-18,27H2,1-2H3;1H2/b8-3+,25-22-;. The van der Waals surface area contributed by atoms with Crippen molar-refractivity contribution in [1.82, 2.24) is 5.32 Å². The molecule has 2 aromatic rings. The number of thiol groups is 1. The molecule has 2 aromatic carbocycles. The molecule has 0 saturated carbocycles. The van der Waals surface area contributed by atoms with E-state index in [4.69, 9.17) is 27.9 Å². The Morgan fingerprint density at radius 3 is 2.74 bits per heavy atom. The fraction of sp³-hybridized carbons (Fsp3) is 0.370. The van der Waals surface area contributed by atoms with E-state index in [1.807, 2.05) is 38.3 Å². The molecule has 1 atom stereocenters. The summed E-state index contributed by atoms with van der Waals surface area (Å²) in [4.78, 5) is 8.00. The van der Waals surface area contributed by atoms with Crippen molar-refractivity contribution in [3.8, 4) is 5.75 Å². The minimum Gasteiger partial charge on any atom is -0.492 e. The van der Waals surface area contributed by atoms with E-state index >= 15 is 0 Å². The van der Waals surface area contributed by atoms with Crippen molar-refractivity contribution in [2.45, 2.75) is 37.8 Å². The minimum absolute atomic E-state index is 0.0160. The molecule has 1 unspecified atom stereocenters. The van der Waals surface area contributed by atoms with Crippen LogP contribution in [-0.4, -0.2) is 38.4 Å². The Labute approximate surface area is 213 Å². The van der Waals surface area contributed by atoms with Gasteiger partial charge in [0.15, 0.2) is 0 Å². The predicted octanol–water partition coefficient (Wildman–Crippen LogP) is 4.69. The molecular weight excluding hydrogens is 464 g/mol. The zero-order chi connectivity index (χ0) is 25.0. The number of carbonyl (C=O) groups is 1. The van der Waals surface area contributed by atoms with Crippen molar-refractivity contribution < 1.29 is 14.6 Å². The van der Waals surface area contributed by atoms with Crippen molar-refractivity contribution in [3.63, 3.8) is 0 Å². The van der Waals surface area contributed by atoms with E-state index < -0.39 is 0 Å². The van der Waals surface area contributed by atoms with Crippen LogP contribution >= 0.6 is 24.4 Å². The summed E-state index contributed by atoms with van der Waals surface area (Å²) in [5, 5.41) is 12.8. The van der Waals surface area contributed by atoms with Crippen LogP contribution in [0.5, 0.6) is 5.75 Å². The molecule has 0 saturated heterocycles. The fourth-order valence-corrected chi connectivity index (χ4v) is 4.85. The molecule has 0 aliphatic carbocycles. The highest BCUT2D eigenvalue weighted by Gasteiger charge is 2.39. The highest BCUT2D eigenvalue weighted by molar-refractivity contribution is 8.15. The van der Waals surface area contributed by atoms with Gasteiger partial charge >= 0.3 is 0 Å². The van der Waals surface area contributed by atoms with E-state index in [-0.39, 0.29) is 12.0 Å². The summed E-state index contributed by atoms with van der Waals surface area (Å²) in [6.07, 6.45) is 9.37. The normalized spacial score (nSPS) is 17.6. The average molecular weight is 501 g/mol. The number of rotatable bonds is 11. The number of fused-ring (bicyclic) bond motifs is 1. The number of benzene rings is 2. The molecule has 0 fully saturated rings. The van der Waals surface area contributed by atoms with Crippen LogP contribution in [0.15, 0.2) is 58.9 Å². The second-order valence-electron chi connectivity index (χ2n) is 8.18. The molecule has 0 spiro atoms. The van der Waals surface area contributed by atoms with Crippen molar-refractivity contribution in [1.29, 1.82) is 0 Å². The van der Waals surface area contributed by atoms with Crippen LogP contribution < -0.4 is 15.8 Å². The fourth-order valence-electron chi connectivity index (χ4n) is 4.24. The van der Waals surface area contributed by atoms with E-state index in [1.54, 1.807) is 11.8 Å². The molecule has 7 heteroatoms. The Balaban J connectivity index is 0.00000199. The van der Waals surface area contributed by atoms with Crippen LogP contribution in [-0.2, 0) is 23.4 Å². The van der Waals surface area contributed by atoms with Crippen molar-refractivity contribution in [2.24, 2.45) is 5.73 Å². The van der Waals surface area contributed by atoms with Gasteiger partial charge in [-0.1, -0.05) is 42.5 Å². The molecule has 34 heavy (non-hydrogen) atoms. The molecule has 0 bridgehead atoms. The van der Waals surface area contributed by atoms with Gasteiger partial charge in [0, 0.05) is 27.3 Å². The second-order valence-corrected chi connectivity index (χ2v) is 9.75. The SMILES string of the molecule is C=O.CNCCC1(CC/C=C/C(=C(\S)SC)c2cccc(CO)c2)COc2ccc(CN)cc21. The number of ether oxygens (including phenoxy) is 1. The summed E-state index contributed by atoms with van der Waals surface area (Å²) < 4.78 is 7.06. The third-order valence-electron chi connectivity index (χ3n) is 6.13. The first-order valence-corrected chi connectivity index (χ1v) is 13.0. The zero-order valence-electron chi connectivity index (χ0n) is 20.0. The van der Waals surface area contributed by atoms with Gasteiger partial charge in [0.05, 0.1) is 13.2 Å². The zero-order valence-corrected chi connectivity index (χ0v) is 21.8. The lowest BCUT2D eigenvalue weighted by molar-refractivity contribution is -0.0979. The lowest BCUT2D eigenvalue weighted by Gasteiger charge is -2.28. The summed E-state index contributed by atoms with van der Waals surface area (Å²) in [7, 11) is 1.99. The van der Waals surface area contributed by atoms with Crippen molar-refractivity contribution in [2.75, 3.05) is 26.5 Å². The summed E-state index contributed by atoms with van der Waals surface area (Å²) in [5.41, 5.74) is 11.4. The number of aliphatic hydroxyl groups excluding tert-OH is 1. The van der Waals surface area contributed by atoms with Gasteiger partial charge in [-0.15, -0.1) is 24.4 Å². The lowest BCUT2D eigenvalue weighted by atomic mass is 9.75. The number of allylic oxidation sites excluding steroid dienone is 3. The molecule has 0 amide bonds. The van der Waals surface area contributed by atoms with Crippen LogP contribution in [0.25, 0.3) is 5.57 Å². The Hall–Kier alpha value is -2.03. The number of aliphatic hydroxyl groups is 1. The summed E-state index contributed by atoms with van der Waals surface area (Å²) in [5.74, 6) is 0.990. The molecule has 1 aliphatic heterocycles. The minimum atomic E-state index is -0.0160. The average Bonchev–Trinajstić information content (AvgIpc) is 3.26. The molecule has 0 aromatic heterocycles. The molecule has 0 radical (unpaired) electrons. The third kappa shape index (κ3) is 6.99. The van der Waals surface area contributed by atoms with Crippen LogP contribution in [0.2, 0.25) is 0 Å². The number of thioether (sulfide) groups is 1. The van der Waals surface area contributed by atoms with Gasteiger partial charge in [-0.3, -0.25) is 0 Å². The van der Waals surface area contributed by atoms with Crippen molar-refractivity contribution in [3.05, 3.63) is 81.1 Å². The molecule has 4 N–H and O–H groups in total. The summed E-state index contributed by atoms with van der Waals surface area (Å²) in [6, 6.07) is 14.3. The molecule has 5 nitrogen and oxygen atoms in total. The van der Waals surface area contributed by atoms with E-state index in [0.29, 0.717) is 13.2 Å². The molecular formula is C27H36N2O3S2. The van der Waals surface area contributed by atoms with Gasteiger partial charge in [0.1, 0.15) is 12.5 Å². The van der Waals surface area contributed by atoms with E-state index in [0.717, 1.165) is 58.1 Å². The van der Waals surface area contributed by atoms with E-state index in [2.05, 4.69) is 41.7 Å². The number of nitrogens with two attached hydrogens (primary N) is 1. The molecule has 184 valence electrons. The number of hydrogen-bond donors (Lipinski definition) is 4.